The van der Waals surface area contributed by atoms with Crippen molar-refractivity contribution in [3.8, 4) is 0 Å². The van der Waals surface area contributed by atoms with E-state index < -0.39 is 0 Å². The summed E-state index contributed by atoms with van der Waals surface area (Å²) in [5.41, 5.74) is 1.57. The van der Waals surface area contributed by atoms with Crippen LogP contribution in [0.4, 0.5) is 0 Å². The van der Waals surface area contributed by atoms with Gasteiger partial charge in [0.25, 0.3) is 5.91 Å². The zero-order chi connectivity index (χ0) is 19.7. The Labute approximate surface area is 163 Å². The molecule has 2 saturated heterocycles. The molecule has 0 radical (unpaired) electrons. The summed E-state index contributed by atoms with van der Waals surface area (Å²) in [6.07, 6.45) is 3.30. The van der Waals surface area contributed by atoms with Crippen molar-refractivity contribution in [3.05, 3.63) is 36.0 Å². The van der Waals surface area contributed by atoms with Crippen molar-refractivity contribution < 1.29 is 19.1 Å². The van der Waals surface area contributed by atoms with E-state index in [0.29, 0.717) is 38.3 Å². The number of nitrogens with one attached hydrogen (secondary N) is 1. The number of carbonyl (C=O) groups excluding carboxylic acids is 3. The van der Waals surface area contributed by atoms with Crippen LogP contribution in [0.5, 0.6) is 0 Å². The van der Waals surface area contributed by atoms with Gasteiger partial charge in [-0.3, -0.25) is 14.4 Å². The van der Waals surface area contributed by atoms with Crippen LogP contribution in [0.25, 0.3) is 10.9 Å². The Hall–Kier alpha value is -2.83. The minimum atomic E-state index is -0.235. The van der Waals surface area contributed by atoms with E-state index in [4.69, 9.17) is 4.74 Å². The van der Waals surface area contributed by atoms with Crippen molar-refractivity contribution in [3.63, 3.8) is 0 Å². The van der Waals surface area contributed by atoms with E-state index in [2.05, 4.69) is 4.98 Å². The molecule has 1 N–H and O–H groups in total. The molecule has 1 atom stereocenters. The second-order valence-corrected chi connectivity index (χ2v) is 7.53. The summed E-state index contributed by atoms with van der Waals surface area (Å²) in [4.78, 5) is 44.2. The van der Waals surface area contributed by atoms with E-state index in [-0.39, 0.29) is 29.6 Å². The summed E-state index contributed by atoms with van der Waals surface area (Å²) in [7, 11) is 0. The van der Waals surface area contributed by atoms with Gasteiger partial charge >= 0.3 is 5.97 Å². The Morgan fingerprint density at radius 1 is 1.11 bits per heavy atom. The van der Waals surface area contributed by atoms with E-state index in [1.807, 2.05) is 24.3 Å². The monoisotopic (exact) mass is 383 g/mol. The first-order valence-electron chi connectivity index (χ1n) is 9.89. The van der Waals surface area contributed by atoms with Crippen molar-refractivity contribution >= 4 is 28.7 Å². The summed E-state index contributed by atoms with van der Waals surface area (Å²) < 4.78 is 5.10. The molecule has 3 heterocycles. The highest BCUT2D eigenvalue weighted by Gasteiger charge is 2.40. The average Bonchev–Trinajstić information content (AvgIpc) is 3.11. The average molecular weight is 383 g/mol. The Kier molecular flexibility index (Phi) is 5.07. The topological polar surface area (TPSA) is 82.7 Å². The molecule has 2 amide bonds. The van der Waals surface area contributed by atoms with Crippen molar-refractivity contribution in [2.45, 2.75) is 19.8 Å². The van der Waals surface area contributed by atoms with Crippen LogP contribution in [0, 0.1) is 11.8 Å². The Morgan fingerprint density at radius 3 is 2.64 bits per heavy atom. The fourth-order valence-corrected chi connectivity index (χ4v) is 4.11. The van der Waals surface area contributed by atoms with Gasteiger partial charge < -0.3 is 19.5 Å². The summed E-state index contributed by atoms with van der Waals surface area (Å²) >= 11 is 0. The highest BCUT2D eigenvalue weighted by atomic mass is 16.5. The van der Waals surface area contributed by atoms with Gasteiger partial charge in [0.15, 0.2) is 0 Å². The molecule has 2 aliphatic rings. The lowest BCUT2D eigenvalue weighted by molar-refractivity contribution is -0.152. The first-order chi connectivity index (χ1) is 13.6. The molecule has 4 rings (SSSR count). The summed E-state index contributed by atoms with van der Waals surface area (Å²) in [5.74, 6) is -0.650. The standard InChI is InChI=1S/C21H25N3O4/c1-2-28-21(27)14-6-5-9-23(11-14)19(25)15-12-24(13-15)20(26)17-10-22-18-8-4-3-7-16(17)18/h3-4,7-8,10,14-15,22H,2,5-6,9,11-13H2,1H3. The summed E-state index contributed by atoms with van der Waals surface area (Å²) in [6, 6.07) is 7.69. The van der Waals surface area contributed by atoms with Crippen LogP contribution < -0.4 is 0 Å². The van der Waals surface area contributed by atoms with E-state index in [1.165, 1.54) is 0 Å². The van der Waals surface area contributed by atoms with Crippen LogP contribution in [-0.4, -0.2) is 65.4 Å². The quantitative estimate of drug-likeness (QED) is 0.819. The number of likely N-dealkylation sites (tertiary alicyclic amines) is 2. The SMILES string of the molecule is CCOC(=O)C1CCCN(C(=O)C2CN(C(=O)c3c[nH]c4ccccc34)C2)C1. The normalized spacial score (nSPS) is 20.1. The lowest BCUT2D eigenvalue weighted by Crippen LogP contribution is -2.57. The lowest BCUT2D eigenvalue weighted by atomic mass is 9.93. The minimum absolute atomic E-state index is 0.0389. The molecule has 0 bridgehead atoms. The predicted molar refractivity (Wildman–Crippen MR) is 104 cm³/mol. The maximum Gasteiger partial charge on any atom is 0.310 e. The molecule has 0 spiro atoms. The number of H-pyrrole nitrogens is 1. The second-order valence-electron chi connectivity index (χ2n) is 7.53. The van der Waals surface area contributed by atoms with Gasteiger partial charge in [0.2, 0.25) is 5.91 Å². The largest absolute Gasteiger partial charge is 0.466 e. The third-order valence-corrected chi connectivity index (χ3v) is 5.69. The number of para-hydroxylation sites is 1. The molecule has 148 valence electrons. The summed E-state index contributed by atoms with van der Waals surface area (Å²) in [6.45, 7) is 4.09. The lowest BCUT2D eigenvalue weighted by Gasteiger charge is -2.42. The number of piperidine rings is 1. The van der Waals surface area contributed by atoms with Gasteiger partial charge in [-0.15, -0.1) is 0 Å². The first-order valence-corrected chi connectivity index (χ1v) is 9.89. The molecule has 1 unspecified atom stereocenters. The van der Waals surface area contributed by atoms with Crippen LogP contribution in [0.2, 0.25) is 0 Å². The number of amides is 2. The number of nitrogens with zero attached hydrogens (tertiary/aromatic N) is 2. The van der Waals surface area contributed by atoms with Gasteiger partial charge in [0, 0.05) is 43.3 Å². The van der Waals surface area contributed by atoms with E-state index in [9.17, 15) is 14.4 Å². The van der Waals surface area contributed by atoms with Gasteiger partial charge in [-0.2, -0.15) is 0 Å². The van der Waals surface area contributed by atoms with Crippen LogP contribution in [-0.2, 0) is 14.3 Å². The fourth-order valence-electron chi connectivity index (χ4n) is 4.11. The zero-order valence-corrected chi connectivity index (χ0v) is 16.0. The second kappa shape index (κ2) is 7.66. The van der Waals surface area contributed by atoms with Crippen molar-refractivity contribution in [1.82, 2.24) is 14.8 Å². The summed E-state index contributed by atoms with van der Waals surface area (Å²) in [5, 5.41) is 0.899. The molecule has 2 aliphatic heterocycles. The van der Waals surface area contributed by atoms with E-state index >= 15 is 0 Å². The van der Waals surface area contributed by atoms with Crippen molar-refractivity contribution in [1.29, 1.82) is 0 Å². The van der Waals surface area contributed by atoms with Crippen LogP contribution in [0.1, 0.15) is 30.1 Å². The van der Waals surface area contributed by atoms with E-state index in [0.717, 1.165) is 23.7 Å². The molecule has 1 aromatic carbocycles. The number of rotatable bonds is 4. The molecular formula is C21H25N3O4. The van der Waals surface area contributed by atoms with Crippen molar-refractivity contribution in [2.24, 2.45) is 11.8 Å². The molecule has 0 saturated carbocycles. The van der Waals surface area contributed by atoms with Gasteiger partial charge in [0.05, 0.1) is 24.0 Å². The Balaban J connectivity index is 1.35. The fraction of sp³-hybridized carbons (Fsp3) is 0.476. The molecular weight excluding hydrogens is 358 g/mol. The van der Waals surface area contributed by atoms with Gasteiger partial charge in [-0.1, -0.05) is 18.2 Å². The van der Waals surface area contributed by atoms with Gasteiger partial charge in [-0.25, -0.2) is 0 Å². The number of ether oxygens (including phenoxy) is 1. The highest BCUT2D eigenvalue weighted by Crippen LogP contribution is 2.27. The highest BCUT2D eigenvalue weighted by molar-refractivity contribution is 6.07. The number of aromatic nitrogens is 1. The maximum absolute atomic E-state index is 12.8. The number of hydrogen-bond donors (Lipinski definition) is 1. The van der Waals surface area contributed by atoms with Crippen LogP contribution in [0.15, 0.2) is 30.5 Å². The van der Waals surface area contributed by atoms with Crippen LogP contribution >= 0.6 is 0 Å². The van der Waals surface area contributed by atoms with Crippen LogP contribution in [0.3, 0.4) is 0 Å². The third kappa shape index (κ3) is 3.37. The smallest absolute Gasteiger partial charge is 0.310 e. The molecule has 1 aromatic heterocycles. The zero-order valence-electron chi connectivity index (χ0n) is 16.0. The number of fused-ring (bicyclic) bond motifs is 1. The number of hydrogen-bond acceptors (Lipinski definition) is 4. The number of esters is 1. The number of carbonyl (C=O) groups is 3. The predicted octanol–water partition coefficient (Wildman–Crippen LogP) is 2.04. The maximum atomic E-state index is 12.8. The van der Waals surface area contributed by atoms with Gasteiger partial charge in [-0.05, 0) is 25.8 Å². The first kappa shape index (κ1) is 18.5. The van der Waals surface area contributed by atoms with E-state index in [1.54, 1.807) is 22.9 Å². The van der Waals surface area contributed by atoms with Crippen molar-refractivity contribution in [2.75, 3.05) is 32.8 Å². The minimum Gasteiger partial charge on any atom is -0.466 e. The number of benzene rings is 1. The molecule has 0 aliphatic carbocycles. The third-order valence-electron chi connectivity index (χ3n) is 5.69. The molecule has 2 fully saturated rings. The molecule has 7 heteroatoms. The Morgan fingerprint density at radius 2 is 1.86 bits per heavy atom. The molecule has 2 aromatic rings. The Bertz CT molecular complexity index is 900. The van der Waals surface area contributed by atoms with Gasteiger partial charge in [0.1, 0.15) is 0 Å². The molecule has 7 nitrogen and oxygen atoms in total. The molecule has 28 heavy (non-hydrogen) atoms. The number of aromatic amines is 1.